The van der Waals surface area contributed by atoms with Gasteiger partial charge >= 0.3 is 6.09 Å². The van der Waals surface area contributed by atoms with Crippen molar-refractivity contribution in [2.24, 2.45) is 40.7 Å². The molecule has 2 saturated carbocycles. The molecule has 5 heteroatoms. The molecule has 2 N–H and O–H groups in total. The van der Waals surface area contributed by atoms with Crippen LogP contribution in [-0.2, 0) is 9.53 Å². The topological polar surface area (TPSA) is 72.6 Å². The molecule has 2 saturated heterocycles. The predicted molar refractivity (Wildman–Crippen MR) is 109 cm³/mol. The number of piperidine rings is 2. The first kappa shape index (κ1) is 20.2. The van der Waals surface area contributed by atoms with Gasteiger partial charge in [-0.15, -0.1) is 0 Å². The lowest BCUT2D eigenvalue weighted by Gasteiger charge is -2.62. The van der Waals surface area contributed by atoms with E-state index in [1.807, 2.05) is 6.92 Å². The van der Waals surface area contributed by atoms with E-state index >= 15 is 0 Å². The van der Waals surface area contributed by atoms with Crippen LogP contribution in [0.15, 0.2) is 0 Å². The van der Waals surface area contributed by atoms with Gasteiger partial charge < -0.3 is 10.5 Å². The lowest BCUT2D eigenvalue weighted by molar-refractivity contribution is -0.155. The average Bonchev–Trinajstić information content (AvgIpc) is 2.88. The summed E-state index contributed by atoms with van der Waals surface area (Å²) in [6, 6.07) is 0.0762. The fourth-order valence-corrected chi connectivity index (χ4v) is 8.60. The monoisotopic (exact) mass is 390 g/mol. The lowest BCUT2D eigenvalue weighted by Crippen LogP contribution is -2.67. The fourth-order valence-electron chi connectivity index (χ4n) is 8.60. The Morgan fingerprint density at radius 3 is 2.61 bits per heavy atom. The van der Waals surface area contributed by atoms with E-state index in [1.54, 1.807) is 0 Å². The van der Waals surface area contributed by atoms with Gasteiger partial charge in [-0.1, -0.05) is 13.8 Å². The summed E-state index contributed by atoms with van der Waals surface area (Å²) in [6.45, 7) is 12.4. The van der Waals surface area contributed by atoms with Gasteiger partial charge in [0.25, 0.3) is 0 Å². The number of ether oxygens (including phenoxy) is 1. The number of fused-ring (bicyclic) bond motifs is 5. The van der Waals surface area contributed by atoms with E-state index < -0.39 is 6.09 Å². The molecule has 2 aliphatic carbocycles. The quantitative estimate of drug-likeness (QED) is 0.774. The average molecular weight is 391 g/mol. The van der Waals surface area contributed by atoms with Crippen molar-refractivity contribution in [2.75, 3.05) is 6.54 Å². The van der Waals surface area contributed by atoms with Gasteiger partial charge in [-0.3, -0.25) is 9.69 Å². The van der Waals surface area contributed by atoms with E-state index in [-0.39, 0.29) is 23.1 Å². The van der Waals surface area contributed by atoms with Crippen molar-refractivity contribution >= 4 is 11.9 Å². The van der Waals surface area contributed by atoms with Crippen molar-refractivity contribution in [2.45, 2.75) is 90.8 Å². The van der Waals surface area contributed by atoms with Gasteiger partial charge in [-0.25, -0.2) is 4.79 Å². The highest BCUT2D eigenvalue weighted by atomic mass is 16.6. The van der Waals surface area contributed by atoms with E-state index in [0.717, 1.165) is 19.4 Å². The number of nitrogens with two attached hydrogens (primary N) is 1. The highest BCUT2D eigenvalue weighted by Gasteiger charge is 2.63. The van der Waals surface area contributed by atoms with Crippen LogP contribution in [0.2, 0.25) is 0 Å². The molecule has 0 radical (unpaired) electrons. The molecule has 1 amide bonds. The molecule has 0 aromatic heterocycles. The van der Waals surface area contributed by atoms with E-state index in [0.29, 0.717) is 35.4 Å². The highest BCUT2D eigenvalue weighted by Crippen LogP contribution is 2.65. The SMILES string of the molecule is CC1C[C@H]2[C@@H]3CCN4C(C)C(=O)CC[C@]4(C)[C@H]3CC[C@]2(C)[C@H]1C(C)OC(N)=O. The van der Waals surface area contributed by atoms with Crippen LogP contribution in [0.1, 0.15) is 73.1 Å². The standard InChI is InChI=1S/C23H38N2O3/c1-13-12-18-16-8-11-25-14(2)19(26)7-10-23(25,5)17(16)6-9-22(18,4)20(13)15(3)28-21(24)27/h13-18,20H,6-12H2,1-5H3,(H2,24,27)/t13?,14?,15?,16-,17+,18+,20-,22+,23-/m1/s1. The van der Waals surface area contributed by atoms with Crippen LogP contribution >= 0.6 is 0 Å². The summed E-state index contributed by atoms with van der Waals surface area (Å²) in [5.41, 5.74) is 5.72. The molecule has 0 aromatic rings. The summed E-state index contributed by atoms with van der Waals surface area (Å²) in [5, 5.41) is 0. The van der Waals surface area contributed by atoms with Crippen LogP contribution in [0.4, 0.5) is 4.79 Å². The number of amides is 1. The number of carbonyl (C=O) groups is 2. The molecule has 4 aliphatic rings. The summed E-state index contributed by atoms with van der Waals surface area (Å²) in [5.74, 6) is 3.41. The first-order valence-electron chi connectivity index (χ1n) is 11.3. The third kappa shape index (κ3) is 2.75. The highest BCUT2D eigenvalue weighted by molar-refractivity contribution is 5.84. The van der Waals surface area contributed by atoms with Crippen molar-refractivity contribution in [3.8, 4) is 0 Å². The van der Waals surface area contributed by atoms with Gasteiger partial charge in [-0.2, -0.15) is 0 Å². The van der Waals surface area contributed by atoms with Gasteiger partial charge in [0.15, 0.2) is 0 Å². The van der Waals surface area contributed by atoms with Crippen LogP contribution in [0.3, 0.4) is 0 Å². The second kappa shape index (κ2) is 6.72. The molecule has 3 unspecified atom stereocenters. The summed E-state index contributed by atoms with van der Waals surface area (Å²) in [7, 11) is 0. The number of rotatable bonds is 2. The molecule has 28 heavy (non-hydrogen) atoms. The predicted octanol–water partition coefficient (Wildman–Crippen LogP) is 3.99. The second-order valence-corrected chi connectivity index (χ2v) is 10.8. The maximum Gasteiger partial charge on any atom is 0.404 e. The van der Waals surface area contributed by atoms with Crippen LogP contribution in [-0.4, -0.2) is 41.0 Å². The number of primary amides is 1. The Kier molecular flexibility index (Phi) is 4.84. The normalized spacial score (nSPS) is 49.7. The molecule has 2 aliphatic heterocycles. The van der Waals surface area contributed by atoms with E-state index in [9.17, 15) is 9.59 Å². The Morgan fingerprint density at radius 2 is 1.93 bits per heavy atom. The Balaban J connectivity index is 1.61. The second-order valence-electron chi connectivity index (χ2n) is 10.8. The van der Waals surface area contributed by atoms with Crippen molar-refractivity contribution in [3.05, 3.63) is 0 Å². The molecule has 158 valence electrons. The molecule has 0 bridgehead atoms. The van der Waals surface area contributed by atoms with E-state index in [1.165, 1.54) is 25.7 Å². The van der Waals surface area contributed by atoms with Crippen molar-refractivity contribution in [1.82, 2.24) is 4.90 Å². The fraction of sp³-hybridized carbons (Fsp3) is 0.913. The van der Waals surface area contributed by atoms with Crippen molar-refractivity contribution in [1.29, 1.82) is 0 Å². The Labute approximate surface area is 169 Å². The number of nitrogens with zero attached hydrogens (tertiary/aromatic N) is 1. The molecule has 5 nitrogen and oxygen atoms in total. The molecular formula is C23H38N2O3. The lowest BCUT2D eigenvalue weighted by atomic mass is 9.51. The number of carbonyl (C=O) groups excluding carboxylic acids is 2. The van der Waals surface area contributed by atoms with Gasteiger partial charge in [0.2, 0.25) is 0 Å². The van der Waals surface area contributed by atoms with Gasteiger partial charge in [0.1, 0.15) is 11.9 Å². The zero-order valence-corrected chi connectivity index (χ0v) is 18.2. The Hall–Kier alpha value is -1.10. The van der Waals surface area contributed by atoms with E-state index in [4.69, 9.17) is 10.5 Å². The molecule has 9 atom stereocenters. The first-order valence-corrected chi connectivity index (χ1v) is 11.3. The Bertz CT molecular complexity index is 666. The van der Waals surface area contributed by atoms with Crippen LogP contribution in [0.5, 0.6) is 0 Å². The van der Waals surface area contributed by atoms with Crippen LogP contribution in [0, 0.1) is 35.0 Å². The minimum Gasteiger partial charge on any atom is -0.446 e. The van der Waals surface area contributed by atoms with Crippen LogP contribution < -0.4 is 5.73 Å². The summed E-state index contributed by atoms with van der Waals surface area (Å²) in [4.78, 5) is 26.3. The van der Waals surface area contributed by atoms with Crippen LogP contribution in [0.25, 0.3) is 0 Å². The third-order valence-corrected chi connectivity index (χ3v) is 9.65. The van der Waals surface area contributed by atoms with Crippen molar-refractivity contribution in [3.63, 3.8) is 0 Å². The number of Topliss-reactive ketones (excluding diaryl/α,β-unsaturated/α-hetero) is 1. The third-order valence-electron chi connectivity index (χ3n) is 9.65. The summed E-state index contributed by atoms with van der Waals surface area (Å²) in [6.07, 6.45) is 5.80. The maximum atomic E-state index is 12.3. The first-order chi connectivity index (χ1) is 13.1. The van der Waals surface area contributed by atoms with Gasteiger partial charge in [0, 0.05) is 17.9 Å². The molecule has 4 fully saturated rings. The molecule has 0 spiro atoms. The molecular weight excluding hydrogens is 352 g/mol. The van der Waals surface area contributed by atoms with E-state index in [2.05, 4.69) is 32.6 Å². The number of ketones is 1. The Morgan fingerprint density at radius 1 is 1.21 bits per heavy atom. The van der Waals surface area contributed by atoms with Gasteiger partial charge in [-0.05, 0) is 88.5 Å². The minimum atomic E-state index is -0.651. The maximum absolute atomic E-state index is 12.3. The smallest absolute Gasteiger partial charge is 0.404 e. The number of hydrogen-bond acceptors (Lipinski definition) is 4. The number of hydrogen-bond donors (Lipinski definition) is 1. The zero-order chi connectivity index (χ0) is 20.4. The summed E-state index contributed by atoms with van der Waals surface area (Å²) >= 11 is 0. The summed E-state index contributed by atoms with van der Waals surface area (Å²) < 4.78 is 5.48. The largest absolute Gasteiger partial charge is 0.446 e. The van der Waals surface area contributed by atoms with Gasteiger partial charge in [0.05, 0.1) is 6.04 Å². The molecule has 4 rings (SSSR count). The minimum absolute atomic E-state index is 0.0762. The zero-order valence-electron chi connectivity index (χ0n) is 18.2. The molecule has 0 aromatic carbocycles. The van der Waals surface area contributed by atoms with Crippen molar-refractivity contribution < 1.29 is 14.3 Å². The molecule has 2 heterocycles.